The van der Waals surface area contributed by atoms with Gasteiger partial charge in [-0.15, -0.1) is 0 Å². The molecule has 3 heterocycles. The second-order valence-electron chi connectivity index (χ2n) is 7.75. The Balaban J connectivity index is 1.35. The third-order valence-corrected chi connectivity index (χ3v) is 6.07. The van der Waals surface area contributed by atoms with Crippen molar-refractivity contribution in [1.82, 2.24) is 15.0 Å². The van der Waals surface area contributed by atoms with Crippen LogP contribution >= 0.6 is 0 Å². The van der Waals surface area contributed by atoms with Gasteiger partial charge >= 0.3 is 6.01 Å². The smallest absolute Gasteiger partial charge is 0.324 e. The Labute approximate surface area is 164 Å². The van der Waals surface area contributed by atoms with E-state index >= 15 is 0 Å². The van der Waals surface area contributed by atoms with Crippen LogP contribution in [0.25, 0.3) is 11.4 Å². The average Bonchev–Trinajstić information content (AvgIpc) is 3.43. The van der Waals surface area contributed by atoms with E-state index in [2.05, 4.69) is 39.1 Å². The van der Waals surface area contributed by atoms with Crippen LogP contribution in [-0.4, -0.2) is 48.8 Å². The Morgan fingerprint density at radius 3 is 2.54 bits per heavy atom. The molecule has 0 unspecified atom stereocenters. The maximum atomic E-state index is 5.60. The van der Waals surface area contributed by atoms with Gasteiger partial charge in [-0.25, -0.2) is 0 Å². The van der Waals surface area contributed by atoms with Crippen molar-refractivity contribution < 1.29 is 9.26 Å². The number of likely N-dealkylation sites (tertiary alicyclic amines) is 1. The highest BCUT2D eigenvalue weighted by atomic mass is 16.5. The molecule has 6 heteroatoms. The molecule has 2 fully saturated rings. The van der Waals surface area contributed by atoms with Crippen molar-refractivity contribution in [2.75, 3.05) is 38.7 Å². The molecule has 0 bridgehead atoms. The molecule has 0 saturated carbocycles. The molecule has 0 amide bonds. The number of nitrogens with zero attached hydrogens (tertiary/aromatic N) is 4. The third kappa shape index (κ3) is 2.94. The fourth-order valence-corrected chi connectivity index (χ4v) is 4.77. The molecule has 0 N–H and O–H groups in total. The molecule has 2 aromatic carbocycles. The zero-order chi connectivity index (χ0) is 19.1. The minimum absolute atomic E-state index is 0.400. The summed E-state index contributed by atoms with van der Waals surface area (Å²) in [6, 6.07) is 19.5. The molecular formula is C22H24N4O2. The van der Waals surface area contributed by atoms with E-state index in [0.717, 1.165) is 30.9 Å². The van der Waals surface area contributed by atoms with E-state index in [9.17, 15) is 0 Å². The molecule has 3 aromatic rings. The van der Waals surface area contributed by atoms with Gasteiger partial charge in [0.1, 0.15) is 5.75 Å². The summed E-state index contributed by atoms with van der Waals surface area (Å²) in [6.07, 6.45) is 0. The van der Waals surface area contributed by atoms with E-state index in [1.807, 2.05) is 42.5 Å². The van der Waals surface area contributed by atoms with Gasteiger partial charge in [0.25, 0.3) is 0 Å². The zero-order valence-electron chi connectivity index (χ0n) is 16.2. The second-order valence-corrected chi connectivity index (χ2v) is 7.75. The molecule has 0 aliphatic carbocycles. The zero-order valence-corrected chi connectivity index (χ0v) is 16.2. The Morgan fingerprint density at radius 2 is 1.79 bits per heavy atom. The predicted molar refractivity (Wildman–Crippen MR) is 107 cm³/mol. The maximum Gasteiger partial charge on any atom is 0.324 e. The van der Waals surface area contributed by atoms with Crippen LogP contribution in [0.4, 0.5) is 6.01 Å². The van der Waals surface area contributed by atoms with Crippen molar-refractivity contribution >= 4 is 6.01 Å². The summed E-state index contributed by atoms with van der Waals surface area (Å²) in [7, 11) is 3.92. The number of hydrogen-bond donors (Lipinski definition) is 0. The summed E-state index contributed by atoms with van der Waals surface area (Å²) < 4.78 is 10.9. The number of fused-ring (bicyclic) bond motifs is 1. The Bertz CT molecular complexity index is 941. The van der Waals surface area contributed by atoms with Crippen molar-refractivity contribution in [3.05, 3.63) is 60.2 Å². The number of benzene rings is 2. The summed E-state index contributed by atoms with van der Waals surface area (Å²) in [5.41, 5.74) is 2.32. The normalized spacial score (nSPS) is 24.5. The van der Waals surface area contributed by atoms with E-state index in [0.29, 0.717) is 29.7 Å². The number of methoxy groups -OCH3 is 1. The van der Waals surface area contributed by atoms with Gasteiger partial charge in [-0.2, -0.15) is 4.98 Å². The van der Waals surface area contributed by atoms with Gasteiger partial charge < -0.3 is 14.2 Å². The summed E-state index contributed by atoms with van der Waals surface area (Å²) in [4.78, 5) is 9.37. The molecule has 28 heavy (non-hydrogen) atoms. The largest absolute Gasteiger partial charge is 0.497 e. The van der Waals surface area contributed by atoms with Crippen molar-refractivity contribution in [3.8, 4) is 17.1 Å². The molecule has 2 aliphatic rings. The number of rotatable bonds is 4. The van der Waals surface area contributed by atoms with Gasteiger partial charge in [-0.05, 0) is 30.7 Å². The molecule has 2 saturated heterocycles. The number of hydrogen-bond acceptors (Lipinski definition) is 6. The molecule has 3 atom stereocenters. The topological polar surface area (TPSA) is 54.6 Å². The molecule has 2 aliphatic heterocycles. The number of aromatic nitrogens is 2. The lowest BCUT2D eigenvalue weighted by Gasteiger charge is -2.26. The number of ether oxygens (including phenoxy) is 1. The van der Waals surface area contributed by atoms with Gasteiger partial charge in [0.15, 0.2) is 0 Å². The van der Waals surface area contributed by atoms with Gasteiger partial charge in [-0.3, -0.25) is 4.90 Å². The summed E-state index contributed by atoms with van der Waals surface area (Å²) >= 11 is 0. The van der Waals surface area contributed by atoms with E-state index < -0.39 is 0 Å². The molecule has 144 valence electrons. The fourth-order valence-electron chi connectivity index (χ4n) is 4.77. The molecule has 6 nitrogen and oxygen atoms in total. The highest BCUT2D eigenvalue weighted by Gasteiger charge is 2.47. The van der Waals surface area contributed by atoms with E-state index in [-0.39, 0.29) is 0 Å². The Kier molecular flexibility index (Phi) is 4.28. The van der Waals surface area contributed by atoms with E-state index in [1.165, 1.54) is 5.56 Å². The third-order valence-electron chi connectivity index (χ3n) is 6.07. The monoisotopic (exact) mass is 376 g/mol. The quantitative estimate of drug-likeness (QED) is 0.695. The van der Waals surface area contributed by atoms with Gasteiger partial charge in [0, 0.05) is 37.2 Å². The lowest BCUT2D eigenvalue weighted by molar-refractivity contribution is 0.278. The molecular weight excluding hydrogens is 352 g/mol. The highest BCUT2D eigenvalue weighted by Crippen LogP contribution is 2.45. The first-order chi connectivity index (χ1) is 13.7. The van der Waals surface area contributed by atoms with Crippen molar-refractivity contribution in [2.45, 2.75) is 6.04 Å². The lowest BCUT2D eigenvalue weighted by atomic mass is 9.89. The van der Waals surface area contributed by atoms with Gasteiger partial charge in [0.05, 0.1) is 7.11 Å². The second kappa shape index (κ2) is 6.95. The van der Waals surface area contributed by atoms with Crippen molar-refractivity contribution in [1.29, 1.82) is 0 Å². The average molecular weight is 376 g/mol. The van der Waals surface area contributed by atoms with Crippen molar-refractivity contribution in [2.24, 2.45) is 11.8 Å². The minimum atomic E-state index is 0.400. The summed E-state index contributed by atoms with van der Waals surface area (Å²) in [6.45, 7) is 2.97. The first kappa shape index (κ1) is 17.3. The lowest BCUT2D eigenvalue weighted by Crippen LogP contribution is -2.29. The maximum absolute atomic E-state index is 5.60. The van der Waals surface area contributed by atoms with Crippen LogP contribution in [0, 0.1) is 11.8 Å². The molecule has 1 aromatic heterocycles. The van der Waals surface area contributed by atoms with Crippen LogP contribution in [0.1, 0.15) is 11.6 Å². The standard InChI is InChI=1S/C22H24N4O2/c1-25-12-17-13-26(22-23-21(24-28-22)16-6-4-3-5-7-16)14-19(17)20(25)15-8-10-18(27-2)11-9-15/h3-11,17,19-20H,12-14H2,1-2H3/t17-,19+,20+/m0/s1. The first-order valence-electron chi connectivity index (χ1n) is 9.71. The summed E-state index contributed by atoms with van der Waals surface area (Å²) in [5, 5.41) is 4.18. The minimum Gasteiger partial charge on any atom is -0.497 e. The first-order valence-corrected chi connectivity index (χ1v) is 9.71. The molecule has 0 spiro atoms. The Morgan fingerprint density at radius 1 is 1.00 bits per heavy atom. The van der Waals surface area contributed by atoms with Gasteiger partial charge in [0.2, 0.25) is 5.82 Å². The molecule has 0 radical (unpaired) electrons. The Hall–Kier alpha value is -2.86. The van der Waals surface area contributed by atoms with Crippen LogP contribution in [-0.2, 0) is 0 Å². The number of anilines is 1. The SMILES string of the molecule is COc1ccc([C@@H]2[C@@H]3CN(c4nc(-c5ccccc5)no4)C[C@@H]3CN2C)cc1. The molecule has 5 rings (SSSR count). The van der Waals surface area contributed by atoms with Crippen LogP contribution in [0.2, 0.25) is 0 Å². The van der Waals surface area contributed by atoms with Crippen LogP contribution in [0.15, 0.2) is 59.1 Å². The fraction of sp³-hybridized carbons (Fsp3) is 0.364. The van der Waals surface area contributed by atoms with E-state index in [1.54, 1.807) is 7.11 Å². The van der Waals surface area contributed by atoms with Crippen LogP contribution in [0.3, 0.4) is 0 Å². The van der Waals surface area contributed by atoms with Crippen LogP contribution in [0.5, 0.6) is 5.75 Å². The van der Waals surface area contributed by atoms with Crippen molar-refractivity contribution in [3.63, 3.8) is 0 Å². The highest BCUT2D eigenvalue weighted by molar-refractivity contribution is 5.55. The predicted octanol–water partition coefficient (Wildman–Crippen LogP) is 3.48. The van der Waals surface area contributed by atoms with Gasteiger partial charge in [-0.1, -0.05) is 47.6 Å². The van der Waals surface area contributed by atoms with Crippen LogP contribution < -0.4 is 9.64 Å². The summed E-state index contributed by atoms with van der Waals surface area (Å²) in [5.74, 6) is 2.69. The van der Waals surface area contributed by atoms with E-state index in [4.69, 9.17) is 9.26 Å².